The summed E-state index contributed by atoms with van der Waals surface area (Å²) >= 11 is 0. The summed E-state index contributed by atoms with van der Waals surface area (Å²) in [5.74, 6) is 1.55. The first-order valence-corrected chi connectivity index (χ1v) is 7.86. The van der Waals surface area contributed by atoms with Crippen LogP contribution in [0.2, 0.25) is 0 Å². The summed E-state index contributed by atoms with van der Waals surface area (Å²) in [6.45, 7) is 6.74. The van der Waals surface area contributed by atoms with Crippen LogP contribution < -0.4 is 5.32 Å². The summed E-state index contributed by atoms with van der Waals surface area (Å²) in [7, 11) is 4.02. The van der Waals surface area contributed by atoms with Crippen LogP contribution in [0.25, 0.3) is 0 Å². The Bertz CT molecular complexity index is 645. The second-order valence-electron chi connectivity index (χ2n) is 6.13. The highest BCUT2D eigenvalue weighted by atomic mass is 16.5. The lowest BCUT2D eigenvalue weighted by atomic mass is 9.94. The molecule has 2 aromatic rings. The van der Waals surface area contributed by atoms with E-state index in [0.29, 0.717) is 5.92 Å². The first-order chi connectivity index (χ1) is 10.6. The molecule has 3 heterocycles. The van der Waals surface area contributed by atoms with E-state index in [9.17, 15) is 0 Å². The van der Waals surface area contributed by atoms with Crippen LogP contribution in [0.15, 0.2) is 12.4 Å². The molecule has 0 spiro atoms. The van der Waals surface area contributed by atoms with Gasteiger partial charge in [0.15, 0.2) is 0 Å². The maximum absolute atomic E-state index is 6.02. The van der Waals surface area contributed by atoms with Crippen molar-refractivity contribution in [1.82, 2.24) is 24.6 Å². The molecule has 6 heteroatoms. The van der Waals surface area contributed by atoms with E-state index in [1.54, 1.807) is 0 Å². The highest BCUT2D eigenvalue weighted by Gasteiger charge is 2.33. The molecule has 3 rings (SSSR count). The third-order valence-corrected chi connectivity index (χ3v) is 4.67. The molecule has 0 unspecified atom stereocenters. The largest absolute Gasteiger partial charge is 0.373 e. The summed E-state index contributed by atoms with van der Waals surface area (Å²) in [6, 6.07) is 0. The van der Waals surface area contributed by atoms with E-state index in [-0.39, 0.29) is 6.10 Å². The van der Waals surface area contributed by atoms with Crippen LogP contribution in [0.3, 0.4) is 0 Å². The van der Waals surface area contributed by atoms with Crippen molar-refractivity contribution in [3.8, 4) is 0 Å². The van der Waals surface area contributed by atoms with Crippen LogP contribution in [-0.2, 0) is 25.4 Å². The van der Waals surface area contributed by atoms with E-state index in [1.165, 1.54) is 11.3 Å². The van der Waals surface area contributed by atoms with Gasteiger partial charge in [-0.25, -0.2) is 4.98 Å². The second-order valence-corrected chi connectivity index (χ2v) is 6.13. The van der Waals surface area contributed by atoms with Crippen LogP contribution >= 0.6 is 0 Å². The molecule has 0 amide bonds. The summed E-state index contributed by atoms with van der Waals surface area (Å²) in [4.78, 5) is 4.34. The first-order valence-electron chi connectivity index (χ1n) is 7.86. The van der Waals surface area contributed by atoms with Crippen LogP contribution in [0.5, 0.6) is 0 Å². The molecule has 1 N–H and O–H groups in total. The standard InChI is InChI=1S/C16H25N5O/c1-11-15(12(2)21(4)19-11)16-13(5-8-22-16)9-17-10-14-18-6-7-20(14)3/h6-7,13,16-17H,5,8-10H2,1-4H3/t13-,16+/m1/s1. The van der Waals surface area contributed by atoms with Crippen molar-refractivity contribution >= 4 is 0 Å². The van der Waals surface area contributed by atoms with E-state index in [4.69, 9.17) is 4.74 Å². The zero-order valence-electron chi connectivity index (χ0n) is 13.8. The van der Waals surface area contributed by atoms with Gasteiger partial charge in [-0.3, -0.25) is 4.68 Å². The van der Waals surface area contributed by atoms with Gasteiger partial charge in [-0.05, 0) is 20.3 Å². The normalized spacial score (nSPS) is 21.6. The van der Waals surface area contributed by atoms with Gasteiger partial charge < -0.3 is 14.6 Å². The molecule has 1 fully saturated rings. The van der Waals surface area contributed by atoms with Crippen molar-refractivity contribution in [1.29, 1.82) is 0 Å². The number of hydrogen-bond donors (Lipinski definition) is 1. The molecule has 0 saturated carbocycles. The predicted octanol–water partition coefficient (Wildman–Crippen LogP) is 1.64. The quantitative estimate of drug-likeness (QED) is 0.912. The molecule has 0 aliphatic carbocycles. The number of aromatic nitrogens is 4. The molecule has 1 aliphatic heterocycles. The van der Waals surface area contributed by atoms with Crippen LogP contribution in [0.4, 0.5) is 0 Å². The number of imidazole rings is 1. The zero-order valence-corrected chi connectivity index (χ0v) is 13.8. The molecule has 0 aromatic carbocycles. The highest BCUT2D eigenvalue weighted by Crippen LogP contribution is 2.37. The number of rotatable bonds is 5. The van der Waals surface area contributed by atoms with Crippen molar-refractivity contribution in [3.63, 3.8) is 0 Å². The van der Waals surface area contributed by atoms with E-state index < -0.39 is 0 Å². The Hall–Kier alpha value is -1.66. The van der Waals surface area contributed by atoms with Crippen LogP contribution in [0.1, 0.15) is 35.3 Å². The van der Waals surface area contributed by atoms with E-state index in [1.807, 2.05) is 35.7 Å². The topological polar surface area (TPSA) is 56.9 Å². The molecule has 2 aromatic heterocycles. The van der Waals surface area contributed by atoms with Gasteiger partial charge in [-0.2, -0.15) is 5.10 Å². The Balaban J connectivity index is 1.65. The molecule has 1 aliphatic rings. The van der Waals surface area contributed by atoms with E-state index >= 15 is 0 Å². The average Bonchev–Trinajstić information content (AvgIpc) is 3.14. The minimum absolute atomic E-state index is 0.155. The summed E-state index contributed by atoms with van der Waals surface area (Å²) in [6.07, 6.45) is 5.05. The molecule has 2 atom stereocenters. The number of nitrogens with zero attached hydrogens (tertiary/aromatic N) is 4. The van der Waals surface area contributed by atoms with Crippen LogP contribution in [-0.4, -0.2) is 32.5 Å². The average molecular weight is 303 g/mol. The van der Waals surface area contributed by atoms with Crippen molar-refractivity contribution in [2.75, 3.05) is 13.2 Å². The lowest BCUT2D eigenvalue weighted by Crippen LogP contribution is -2.26. The molecule has 22 heavy (non-hydrogen) atoms. The maximum Gasteiger partial charge on any atom is 0.122 e. The summed E-state index contributed by atoms with van der Waals surface area (Å²) < 4.78 is 10.0. The Morgan fingerprint density at radius 2 is 2.18 bits per heavy atom. The molecule has 0 radical (unpaired) electrons. The van der Waals surface area contributed by atoms with Gasteiger partial charge >= 0.3 is 0 Å². The molecule has 120 valence electrons. The van der Waals surface area contributed by atoms with Crippen molar-refractivity contribution in [2.24, 2.45) is 20.0 Å². The lowest BCUT2D eigenvalue weighted by Gasteiger charge is -2.20. The first kappa shape index (κ1) is 15.2. The Kier molecular flexibility index (Phi) is 4.31. The fraction of sp³-hybridized carbons (Fsp3) is 0.625. The summed E-state index contributed by atoms with van der Waals surface area (Å²) in [5.41, 5.74) is 3.56. The Labute approximate surface area is 131 Å². The van der Waals surface area contributed by atoms with Gasteiger partial charge in [-0.1, -0.05) is 0 Å². The third kappa shape index (κ3) is 2.80. The smallest absolute Gasteiger partial charge is 0.122 e. The maximum atomic E-state index is 6.02. The van der Waals surface area contributed by atoms with E-state index in [0.717, 1.165) is 37.6 Å². The van der Waals surface area contributed by atoms with Gasteiger partial charge in [0, 0.05) is 56.8 Å². The predicted molar refractivity (Wildman–Crippen MR) is 84.4 cm³/mol. The highest BCUT2D eigenvalue weighted by molar-refractivity contribution is 5.28. The fourth-order valence-electron chi connectivity index (χ4n) is 3.30. The van der Waals surface area contributed by atoms with Gasteiger partial charge in [0.25, 0.3) is 0 Å². The number of hydrogen-bond acceptors (Lipinski definition) is 4. The van der Waals surface area contributed by atoms with Crippen molar-refractivity contribution in [2.45, 2.75) is 32.9 Å². The molecular weight excluding hydrogens is 278 g/mol. The Morgan fingerprint density at radius 1 is 1.36 bits per heavy atom. The molecule has 0 bridgehead atoms. The third-order valence-electron chi connectivity index (χ3n) is 4.67. The number of aryl methyl sites for hydroxylation is 3. The van der Waals surface area contributed by atoms with Gasteiger partial charge in [0.1, 0.15) is 5.82 Å². The van der Waals surface area contributed by atoms with Crippen LogP contribution in [0, 0.1) is 19.8 Å². The van der Waals surface area contributed by atoms with Gasteiger partial charge in [-0.15, -0.1) is 0 Å². The molecule has 1 saturated heterocycles. The van der Waals surface area contributed by atoms with Crippen molar-refractivity contribution in [3.05, 3.63) is 35.2 Å². The second kappa shape index (κ2) is 6.22. The number of ether oxygens (including phenoxy) is 1. The summed E-state index contributed by atoms with van der Waals surface area (Å²) in [5, 5.41) is 8.05. The Morgan fingerprint density at radius 3 is 2.82 bits per heavy atom. The number of nitrogens with one attached hydrogen (secondary N) is 1. The lowest BCUT2D eigenvalue weighted by molar-refractivity contribution is 0.0893. The van der Waals surface area contributed by atoms with Gasteiger partial charge in [0.05, 0.1) is 18.3 Å². The molecular formula is C16H25N5O. The van der Waals surface area contributed by atoms with E-state index in [2.05, 4.69) is 29.2 Å². The minimum atomic E-state index is 0.155. The van der Waals surface area contributed by atoms with Crippen molar-refractivity contribution < 1.29 is 4.74 Å². The minimum Gasteiger partial charge on any atom is -0.373 e. The fourth-order valence-corrected chi connectivity index (χ4v) is 3.30. The zero-order chi connectivity index (χ0) is 15.7. The SMILES string of the molecule is Cc1nn(C)c(C)c1[C@H]1OCC[C@@H]1CNCc1nccn1C. The molecule has 6 nitrogen and oxygen atoms in total. The monoisotopic (exact) mass is 303 g/mol. The van der Waals surface area contributed by atoms with Gasteiger partial charge in [0.2, 0.25) is 0 Å².